The molecule has 0 radical (unpaired) electrons. The molecular weight excluding hydrogens is 338 g/mol. The second-order valence-electron chi connectivity index (χ2n) is 5.93. The van der Waals surface area contributed by atoms with Gasteiger partial charge in [0.1, 0.15) is 5.75 Å². The quantitative estimate of drug-likeness (QED) is 0.891. The zero-order chi connectivity index (χ0) is 18.0. The second kappa shape index (κ2) is 7.15. The molecule has 2 aromatic carbocycles. The minimum Gasteiger partial charge on any atom is -0.497 e. The lowest BCUT2D eigenvalue weighted by Gasteiger charge is -2.22. The van der Waals surface area contributed by atoms with Crippen molar-refractivity contribution >= 4 is 23.3 Å². The van der Waals surface area contributed by atoms with Gasteiger partial charge in [0.25, 0.3) is 0 Å². The Morgan fingerprint density at radius 1 is 1.28 bits per heavy atom. The number of hydrogen-bond acceptors (Lipinski definition) is 3. The van der Waals surface area contributed by atoms with Crippen molar-refractivity contribution in [3.8, 4) is 5.75 Å². The van der Waals surface area contributed by atoms with Crippen molar-refractivity contribution in [1.82, 2.24) is 10.3 Å². The highest BCUT2D eigenvalue weighted by molar-refractivity contribution is 6.30. The molecule has 5 nitrogen and oxygen atoms in total. The Labute approximate surface area is 152 Å². The number of fused-ring (bicyclic) bond motifs is 1. The largest absolute Gasteiger partial charge is 0.497 e. The fourth-order valence-electron chi connectivity index (χ4n) is 2.94. The molecular formula is C19H20ClN3O2. The number of halogens is 1. The van der Waals surface area contributed by atoms with Crippen LogP contribution in [0.25, 0.3) is 0 Å². The van der Waals surface area contributed by atoms with Gasteiger partial charge in [-0.1, -0.05) is 23.7 Å². The number of methoxy groups -OCH3 is 1. The third-order valence-electron chi connectivity index (χ3n) is 4.25. The van der Waals surface area contributed by atoms with Gasteiger partial charge in [0.2, 0.25) is 0 Å². The van der Waals surface area contributed by atoms with Crippen LogP contribution in [0.5, 0.6) is 5.75 Å². The van der Waals surface area contributed by atoms with Crippen molar-refractivity contribution in [2.45, 2.75) is 19.4 Å². The number of hydrogen-bond donors (Lipinski definition) is 1. The van der Waals surface area contributed by atoms with Gasteiger partial charge in [0.05, 0.1) is 18.9 Å². The molecule has 6 heteroatoms. The predicted molar refractivity (Wildman–Crippen MR) is 99.5 cm³/mol. The summed E-state index contributed by atoms with van der Waals surface area (Å²) in [5.41, 5.74) is 3.72. The lowest BCUT2D eigenvalue weighted by atomic mass is 9.94. The van der Waals surface area contributed by atoms with E-state index in [-0.39, 0.29) is 12.1 Å². The summed E-state index contributed by atoms with van der Waals surface area (Å²) in [5, 5.41) is 9.49. The molecule has 2 aromatic rings. The SMILES string of the molecule is CNC(=O)N1N=C(c2ccc(Cl)cc2)c2ccc(OC)cc2CC1C. The zero-order valence-electron chi connectivity index (χ0n) is 14.4. The molecule has 1 aliphatic rings. The summed E-state index contributed by atoms with van der Waals surface area (Å²) < 4.78 is 5.36. The summed E-state index contributed by atoms with van der Waals surface area (Å²) >= 11 is 6.02. The van der Waals surface area contributed by atoms with E-state index in [2.05, 4.69) is 10.4 Å². The molecule has 0 saturated carbocycles. The van der Waals surface area contributed by atoms with Crippen LogP contribution < -0.4 is 10.1 Å². The first-order valence-corrected chi connectivity index (χ1v) is 8.44. The zero-order valence-corrected chi connectivity index (χ0v) is 15.2. The Bertz CT molecular complexity index is 818. The molecule has 130 valence electrons. The second-order valence-corrected chi connectivity index (χ2v) is 6.37. The number of hydrazone groups is 1. The standard InChI is InChI=1S/C19H20ClN3O2/c1-12-10-14-11-16(25-3)8-9-17(14)18(22-23(12)19(24)21-2)13-4-6-15(20)7-5-13/h4-9,11-12H,10H2,1-3H3,(H,21,24). The van der Waals surface area contributed by atoms with Gasteiger partial charge in [-0.25, -0.2) is 9.80 Å². The third-order valence-corrected chi connectivity index (χ3v) is 4.50. The van der Waals surface area contributed by atoms with Crippen LogP contribution in [0.2, 0.25) is 5.02 Å². The molecule has 1 atom stereocenters. The first-order valence-electron chi connectivity index (χ1n) is 8.06. The van der Waals surface area contributed by atoms with Gasteiger partial charge in [-0.05, 0) is 49.2 Å². The maximum atomic E-state index is 12.3. The highest BCUT2D eigenvalue weighted by Gasteiger charge is 2.27. The van der Waals surface area contributed by atoms with Crippen LogP contribution >= 0.6 is 11.6 Å². The van der Waals surface area contributed by atoms with Crippen molar-refractivity contribution in [3.63, 3.8) is 0 Å². The summed E-state index contributed by atoms with van der Waals surface area (Å²) in [6.45, 7) is 1.98. The molecule has 25 heavy (non-hydrogen) atoms. The number of carbonyl (C=O) groups is 1. The normalized spacial score (nSPS) is 16.6. The molecule has 1 aliphatic heterocycles. The van der Waals surface area contributed by atoms with Crippen molar-refractivity contribution < 1.29 is 9.53 Å². The van der Waals surface area contributed by atoms with E-state index in [4.69, 9.17) is 16.3 Å². The highest BCUT2D eigenvalue weighted by atomic mass is 35.5. The van der Waals surface area contributed by atoms with Gasteiger partial charge in [-0.15, -0.1) is 0 Å². The van der Waals surface area contributed by atoms with Gasteiger partial charge in [-0.2, -0.15) is 5.10 Å². The van der Waals surface area contributed by atoms with Crippen LogP contribution in [-0.4, -0.2) is 37.0 Å². The molecule has 0 bridgehead atoms. The summed E-state index contributed by atoms with van der Waals surface area (Å²) in [6, 6.07) is 13.0. The van der Waals surface area contributed by atoms with Crippen molar-refractivity contribution in [2.24, 2.45) is 5.10 Å². The Morgan fingerprint density at radius 2 is 2.00 bits per heavy atom. The number of nitrogens with zero attached hydrogens (tertiary/aromatic N) is 2. The predicted octanol–water partition coefficient (Wildman–Crippen LogP) is 3.69. The van der Waals surface area contributed by atoms with Crippen LogP contribution in [-0.2, 0) is 6.42 Å². The van der Waals surface area contributed by atoms with E-state index >= 15 is 0 Å². The number of ether oxygens (including phenoxy) is 1. The Hall–Kier alpha value is -2.53. The van der Waals surface area contributed by atoms with Gasteiger partial charge in [0, 0.05) is 23.2 Å². The van der Waals surface area contributed by atoms with Gasteiger partial charge >= 0.3 is 6.03 Å². The maximum absolute atomic E-state index is 12.3. The van der Waals surface area contributed by atoms with E-state index in [1.165, 1.54) is 5.01 Å². The van der Waals surface area contributed by atoms with E-state index in [9.17, 15) is 4.79 Å². The van der Waals surface area contributed by atoms with Crippen LogP contribution in [0.4, 0.5) is 4.79 Å². The number of amides is 2. The minimum atomic E-state index is -0.237. The Kier molecular flexibility index (Phi) is 4.95. The topological polar surface area (TPSA) is 53.9 Å². The molecule has 1 N–H and O–H groups in total. The first-order chi connectivity index (χ1) is 12.0. The lowest BCUT2D eigenvalue weighted by molar-refractivity contribution is 0.184. The van der Waals surface area contributed by atoms with Crippen LogP contribution in [0.15, 0.2) is 47.6 Å². The number of nitrogens with one attached hydrogen (secondary N) is 1. The molecule has 0 aliphatic carbocycles. The van der Waals surface area contributed by atoms with Gasteiger partial charge in [0.15, 0.2) is 0 Å². The number of carbonyl (C=O) groups excluding carboxylic acids is 1. The molecule has 0 aromatic heterocycles. The van der Waals surface area contributed by atoms with E-state index in [1.807, 2.05) is 49.4 Å². The third kappa shape index (κ3) is 3.46. The van der Waals surface area contributed by atoms with Crippen molar-refractivity contribution in [3.05, 3.63) is 64.2 Å². The Balaban J connectivity index is 2.18. The van der Waals surface area contributed by atoms with Gasteiger partial charge < -0.3 is 10.1 Å². The van der Waals surface area contributed by atoms with E-state index in [1.54, 1.807) is 14.2 Å². The maximum Gasteiger partial charge on any atom is 0.337 e. The molecule has 3 rings (SSSR count). The Morgan fingerprint density at radius 3 is 2.64 bits per heavy atom. The summed E-state index contributed by atoms with van der Waals surface area (Å²) in [5.74, 6) is 0.787. The van der Waals surface area contributed by atoms with E-state index in [0.717, 1.165) is 28.2 Å². The lowest BCUT2D eigenvalue weighted by Crippen LogP contribution is -2.41. The average Bonchev–Trinajstić information content (AvgIpc) is 2.77. The number of urea groups is 1. The van der Waals surface area contributed by atoms with E-state index < -0.39 is 0 Å². The minimum absolute atomic E-state index is 0.0874. The fourth-order valence-corrected chi connectivity index (χ4v) is 3.07. The molecule has 0 fully saturated rings. The molecule has 0 saturated heterocycles. The first kappa shape index (κ1) is 17.3. The van der Waals surface area contributed by atoms with Crippen LogP contribution in [0.1, 0.15) is 23.6 Å². The van der Waals surface area contributed by atoms with Crippen molar-refractivity contribution in [2.75, 3.05) is 14.2 Å². The monoisotopic (exact) mass is 357 g/mol. The van der Waals surface area contributed by atoms with Gasteiger partial charge in [-0.3, -0.25) is 0 Å². The number of rotatable bonds is 2. The fraction of sp³-hybridized carbons (Fsp3) is 0.263. The highest BCUT2D eigenvalue weighted by Crippen LogP contribution is 2.27. The molecule has 1 unspecified atom stereocenters. The average molecular weight is 358 g/mol. The molecule has 0 spiro atoms. The summed E-state index contributed by atoms with van der Waals surface area (Å²) in [7, 11) is 3.25. The number of benzene rings is 2. The molecule has 1 heterocycles. The van der Waals surface area contributed by atoms with Crippen molar-refractivity contribution in [1.29, 1.82) is 0 Å². The summed E-state index contributed by atoms with van der Waals surface area (Å²) in [6.07, 6.45) is 0.681. The van der Waals surface area contributed by atoms with Crippen LogP contribution in [0.3, 0.4) is 0 Å². The van der Waals surface area contributed by atoms with Crippen LogP contribution in [0, 0.1) is 0 Å². The smallest absolute Gasteiger partial charge is 0.337 e. The molecule has 2 amide bonds. The van der Waals surface area contributed by atoms with E-state index in [0.29, 0.717) is 11.4 Å². The summed E-state index contributed by atoms with van der Waals surface area (Å²) in [4.78, 5) is 12.3.